The van der Waals surface area contributed by atoms with E-state index in [1.807, 2.05) is 13.0 Å². The highest BCUT2D eigenvalue weighted by Gasteiger charge is 2.33. The van der Waals surface area contributed by atoms with Crippen molar-refractivity contribution in [1.82, 2.24) is 5.32 Å². The molecule has 0 atom stereocenters. The molecular weight excluding hydrogens is 554 g/mol. The van der Waals surface area contributed by atoms with Gasteiger partial charge in [0, 0.05) is 11.1 Å². The molecular formula is C24H14Cl2F3N3O4S. The monoisotopic (exact) mass is 567 g/mol. The molecule has 0 spiro atoms. The van der Waals surface area contributed by atoms with Gasteiger partial charge in [-0.1, -0.05) is 35.3 Å². The highest BCUT2D eigenvalue weighted by Crippen LogP contribution is 2.40. The molecule has 7 nitrogen and oxygen atoms in total. The maximum Gasteiger partial charge on any atom is 0.416 e. The summed E-state index contributed by atoms with van der Waals surface area (Å²) in [7, 11) is 0. The van der Waals surface area contributed by atoms with Crippen LogP contribution in [0.5, 0.6) is 11.5 Å². The standard InChI is InChI=1S/C24H14Cl2F3N3O4S/c1-12-2-5-15(25)11-17(12)30-23-31-22(33)21(37-23)9-13-3-6-19(16(26)8-13)36-20-7-4-14(24(27,28)29)10-18(20)32(34)35/h2-11H,1H3,(H,30,31,33)/b21-9-. The van der Waals surface area contributed by atoms with Crippen molar-refractivity contribution in [3.05, 3.63) is 96.4 Å². The summed E-state index contributed by atoms with van der Waals surface area (Å²) in [5, 5.41) is 14.9. The molecule has 1 N–H and O–H groups in total. The Bertz CT molecular complexity index is 1490. The molecule has 0 unspecified atom stereocenters. The van der Waals surface area contributed by atoms with Crippen molar-refractivity contribution >= 4 is 63.5 Å². The van der Waals surface area contributed by atoms with E-state index in [-0.39, 0.29) is 16.7 Å². The minimum absolute atomic E-state index is 0.0196. The van der Waals surface area contributed by atoms with Gasteiger partial charge in [-0.3, -0.25) is 14.9 Å². The summed E-state index contributed by atoms with van der Waals surface area (Å²) in [4.78, 5) is 27.5. The van der Waals surface area contributed by atoms with Gasteiger partial charge in [-0.2, -0.15) is 13.2 Å². The molecule has 1 fully saturated rings. The lowest BCUT2D eigenvalue weighted by Crippen LogP contribution is -2.19. The van der Waals surface area contributed by atoms with Crippen molar-refractivity contribution in [3.8, 4) is 11.5 Å². The van der Waals surface area contributed by atoms with E-state index in [2.05, 4.69) is 10.3 Å². The van der Waals surface area contributed by atoms with E-state index < -0.39 is 28.1 Å². The number of nitro benzene ring substituents is 1. The molecule has 3 aromatic rings. The van der Waals surface area contributed by atoms with Crippen LogP contribution >= 0.6 is 35.0 Å². The summed E-state index contributed by atoms with van der Waals surface area (Å²) in [6.07, 6.45) is -3.19. The topological polar surface area (TPSA) is 93.8 Å². The van der Waals surface area contributed by atoms with Gasteiger partial charge in [0.25, 0.3) is 5.91 Å². The van der Waals surface area contributed by atoms with Crippen LogP contribution in [0.15, 0.2) is 64.5 Å². The number of amides is 1. The summed E-state index contributed by atoms with van der Waals surface area (Å²) < 4.78 is 44.2. The Balaban J connectivity index is 1.56. The van der Waals surface area contributed by atoms with Crippen molar-refractivity contribution in [1.29, 1.82) is 0 Å². The van der Waals surface area contributed by atoms with E-state index in [9.17, 15) is 28.1 Å². The number of nitrogens with zero attached hydrogens (tertiary/aromatic N) is 2. The van der Waals surface area contributed by atoms with Crippen LogP contribution in [0.2, 0.25) is 10.0 Å². The first kappa shape index (κ1) is 26.5. The smallest absolute Gasteiger partial charge is 0.416 e. The Morgan fingerprint density at radius 2 is 1.81 bits per heavy atom. The van der Waals surface area contributed by atoms with Crippen molar-refractivity contribution in [2.24, 2.45) is 4.99 Å². The predicted octanol–water partition coefficient (Wildman–Crippen LogP) is 7.91. The van der Waals surface area contributed by atoms with E-state index in [1.165, 1.54) is 18.2 Å². The van der Waals surface area contributed by atoms with Gasteiger partial charge in [0.15, 0.2) is 5.17 Å². The van der Waals surface area contributed by atoms with Gasteiger partial charge in [0.05, 0.1) is 26.1 Å². The molecule has 4 rings (SSSR count). The molecule has 3 aromatic carbocycles. The largest absolute Gasteiger partial charge is 0.449 e. The van der Waals surface area contributed by atoms with Crippen LogP contribution in [-0.4, -0.2) is 16.0 Å². The van der Waals surface area contributed by atoms with Crippen LogP contribution < -0.4 is 10.1 Å². The molecule has 1 aliphatic heterocycles. The van der Waals surface area contributed by atoms with Crippen LogP contribution in [0.4, 0.5) is 24.5 Å². The third-order valence-corrected chi connectivity index (χ3v) is 6.44. The molecule has 190 valence electrons. The van der Waals surface area contributed by atoms with Gasteiger partial charge < -0.3 is 10.1 Å². The maximum atomic E-state index is 12.9. The number of amidine groups is 1. The fraction of sp³-hybridized carbons (Fsp3) is 0.0833. The first-order valence-electron chi connectivity index (χ1n) is 10.3. The molecule has 0 radical (unpaired) electrons. The molecule has 0 bridgehead atoms. The van der Waals surface area contributed by atoms with E-state index in [0.29, 0.717) is 38.5 Å². The number of halogens is 5. The zero-order chi connectivity index (χ0) is 26.9. The molecule has 0 saturated carbocycles. The molecule has 1 saturated heterocycles. The van der Waals surface area contributed by atoms with Crippen LogP contribution in [0.3, 0.4) is 0 Å². The normalized spacial score (nSPS) is 15.8. The van der Waals surface area contributed by atoms with E-state index in [1.54, 1.807) is 18.2 Å². The lowest BCUT2D eigenvalue weighted by molar-refractivity contribution is -0.385. The molecule has 1 amide bonds. The van der Waals surface area contributed by atoms with Crippen LogP contribution in [0, 0.1) is 17.0 Å². The number of hydrogen-bond acceptors (Lipinski definition) is 6. The van der Waals surface area contributed by atoms with E-state index in [0.717, 1.165) is 23.4 Å². The molecule has 13 heteroatoms. The predicted molar refractivity (Wildman–Crippen MR) is 137 cm³/mol. The van der Waals surface area contributed by atoms with Crippen molar-refractivity contribution in [2.75, 3.05) is 0 Å². The second kappa shape index (κ2) is 10.4. The Morgan fingerprint density at radius 1 is 1.08 bits per heavy atom. The number of carbonyl (C=O) groups excluding carboxylic acids is 1. The Hall–Kier alpha value is -3.54. The number of carbonyl (C=O) groups is 1. The molecule has 0 aromatic heterocycles. The lowest BCUT2D eigenvalue weighted by Gasteiger charge is -2.11. The van der Waals surface area contributed by atoms with Crippen molar-refractivity contribution in [2.45, 2.75) is 13.1 Å². The number of thioether (sulfide) groups is 1. The number of aryl methyl sites for hydroxylation is 1. The van der Waals surface area contributed by atoms with Gasteiger partial charge >= 0.3 is 11.9 Å². The second-order valence-corrected chi connectivity index (χ2v) is 9.52. The number of nitro groups is 1. The highest BCUT2D eigenvalue weighted by molar-refractivity contribution is 8.18. The SMILES string of the molecule is Cc1ccc(Cl)cc1N=C1NC(=O)/C(=C/c2ccc(Oc3ccc(C(F)(F)F)cc3[N+](=O)[O-])c(Cl)c2)S1. The third-order valence-electron chi connectivity index (χ3n) is 5.00. The quantitative estimate of drug-likeness (QED) is 0.192. The van der Waals surface area contributed by atoms with Gasteiger partial charge in [0.2, 0.25) is 5.75 Å². The van der Waals surface area contributed by atoms with Gasteiger partial charge in [-0.05, 0) is 72.3 Å². The first-order chi connectivity index (χ1) is 17.4. The van der Waals surface area contributed by atoms with Crippen molar-refractivity contribution < 1.29 is 27.6 Å². The number of alkyl halides is 3. The third kappa shape index (κ3) is 6.24. The Kier molecular flexibility index (Phi) is 7.49. The Labute approximate surface area is 222 Å². The van der Waals surface area contributed by atoms with Gasteiger partial charge in [-0.15, -0.1) is 0 Å². The minimum Gasteiger partial charge on any atom is -0.449 e. The van der Waals surface area contributed by atoms with Gasteiger partial charge in [-0.25, -0.2) is 4.99 Å². The minimum atomic E-state index is -4.75. The highest BCUT2D eigenvalue weighted by atomic mass is 35.5. The van der Waals surface area contributed by atoms with Crippen LogP contribution in [0.25, 0.3) is 6.08 Å². The molecule has 0 aliphatic carbocycles. The molecule has 1 aliphatic rings. The Morgan fingerprint density at radius 3 is 2.49 bits per heavy atom. The molecule has 37 heavy (non-hydrogen) atoms. The van der Waals surface area contributed by atoms with E-state index in [4.69, 9.17) is 27.9 Å². The fourth-order valence-electron chi connectivity index (χ4n) is 3.18. The fourth-order valence-corrected chi connectivity index (χ4v) is 4.40. The maximum absolute atomic E-state index is 12.9. The average molecular weight is 568 g/mol. The summed E-state index contributed by atoms with van der Waals surface area (Å²) in [6, 6.07) is 11.5. The summed E-state index contributed by atoms with van der Waals surface area (Å²) >= 11 is 13.4. The number of benzene rings is 3. The number of hydrogen-bond donors (Lipinski definition) is 1. The summed E-state index contributed by atoms with van der Waals surface area (Å²) in [5.74, 6) is -0.803. The zero-order valence-corrected chi connectivity index (χ0v) is 20.9. The number of nitrogens with one attached hydrogen (secondary N) is 1. The van der Waals surface area contributed by atoms with Gasteiger partial charge in [0.1, 0.15) is 5.75 Å². The van der Waals surface area contributed by atoms with Crippen LogP contribution in [-0.2, 0) is 11.0 Å². The number of aliphatic imine (C=N–C) groups is 1. The average Bonchev–Trinajstić information content (AvgIpc) is 3.15. The zero-order valence-electron chi connectivity index (χ0n) is 18.6. The van der Waals surface area contributed by atoms with E-state index >= 15 is 0 Å². The number of ether oxygens (including phenoxy) is 1. The summed E-state index contributed by atoms with van der Waals surface area (Å²) in [6.45, 7) is 1.86. The lowest BCUT2D eigenvalue weighted by atomic mass is 10.1. The van der Waals surface area contributed by atoms with Crippen molar-refractivity contribution in [3.63, 3.8) is 0 Å². The van der Waals surface area contributed by atoms with Crippen LogP contribution in [0.1, 0.15) is 16.7 Å². The summed E-state index contributed by atoms with van der Waals surface area (Å²) in [5.41, 5.74) is -0.0475. The molecule has 1 heterocycles. The number of rotatable bonds is 5. The first-order valence-corrected chi connectivity index (χ1v) is 11.9. The second-order valence-electron chi connectivity index (χ2n) is 7.64.